The van der Waals surface area contributed by atoms with Gasteiger partial charge in [-0.2, -0.15) is 0 Å². The third kappa shape index (κ3) is 4.89. The van der Waals surface area contributed by atoms with Gasteiger partial charge in [0.25, 0.3) is 0 Å². The Morgan fingerprint density at radius 3 is 1.93 bits per heavy atom. The first kappa shape index (κ1) is 34.3. The molecule has 1 aliphatic carbocycles. The minimum atomic E-state index is -0.565. The Hall–Kier alpha value is -6.81. The fourth-order valence-electron chi connectivity index (χ4n) is 10.4. The number of anilines is 3. The third-order valence-electron chi connectivity index (χ3n) is 13.0. The topological polar surface area (TPSA) is 16.4 Å². The summed E-state index contributed by atoms with van der Waals surface area (Å²) in [5.74, 6) is 0. The van der Waals surface area contributed by atoms with Gasteiger partial charge in [0.15, 0.2) is 0 Å². The van der Waals surface area contributed by atoms with Crippen molar-refractivity contribution in [3.05, 3.63) is 234 Å². The number of hydrogen-bond donors (Lipinski definition) is 0. The van der Waals surface area contributed by atoms with Crippen molar-refractivity contribution in [2.45, 2.75) is 34.5 Å². The fraction of sp³-hybridized carbons (Fsp3) is 0.0714. The molecule has 1 unspecified atom stereocenters. The average Bonchev–Trinajstić information content (AvgIpc) is 3.66. The van der Waals surface area contributed by atoms with Crippen LogP contribution in [0.2, 0.25) is 0 Å². The highest BCUT2D eigenvalue weighted by molar-refractivity contribution is 7.99. The van der Waals surface area contributed by atoms with E-state index in [1.165, 1.54) is 65.1 Å². The molecular weight excluding hydrogens is 735 g/mol. The Bertz CT molecular complexity index is 3290. The number of nitrogens with zero attached hydrogens (tertiary/aromatic N) is 1. The summed E-state index contributed by atoms with van der Waals surface area (Å²) in [6.45, 7) is 4.84. The van der Waals surface area contributed by atoms with Crippen molar-refractivity contribution in [1.29, 1.82) is 0 Å². The lowest BCUT2D eigenvalue weighted by molar-refractivity contribution is 0.550. The summed E-state index contributed by atoms with van der Waals surface area (Å²) in [7, 11) is 0. The first-order chi connectivity index (χ1) is 29.0. The molecule has 0 saturated carbocycles. The lowest BCUT2D eigenvalue weighted by Crippen LogP contribution is -2.44. The van der Waals surface area contributed by atoms with Crippen LogP contribution in [-0.4, -0.2) is 0 Å². The maximum Gasteiger partial charge on any atom is 0.137 e. The summed E-state index contributed by atoms with van der Waals surface area (Å²) in [4.78, 5) is 5.09. The van der Waals surface area contributed by atoms with Crippen molar-refractivity contribution in [1.82, 2.24) is 0 Å². The Morgan fingerprint density at radius 1 is 0.441 bits per heavy atom. The summed E-state index contributed by atoms with van der Waals surface area (Å²) in [5.41, 5.74) is 14.5. The van der Waals surface area contributed by atoms with Crippen LogP contribution in [0.5, 0.6) is 0 Å². The van der Waals surface area contributed by atoms with Crippen LogP contribution in [0.3, 0.4) is 0 Å². The van der Waals surface area contributed by atoms with E-state index in [9.17, 15) is 0 Å². The summed E-state index contributed by atoms with van der Waals surface area (Å²) < 4.78 is 6.57. The van der Waals surface area contributed by atoms with Crippen LogP contribution in [0.25, 0.3) is 43.8 Å². The van der Waals surface area contributed by atoms with Gasteiger partial charge in [0, 0.05) is 43.4 Å². The predicted molar refractivity (Wildman–Crippen MR) is 246 cm³/mol. The van der Waals surface area contributed by atoms with E-state index in [4.69, 9.17) is 4.42 Å². The van der Waals surface area contributed by atoms with Crippen LogP contribution >= 0.6 is 11.8 Å². The zero-order chi connectivity index (χ0) is 39.3. The smallest absolute Gasteiger partial charge is 0.137 e. The molecule has 280 valence electrons. The summed E-state index contributed by atoms with van der Waals surface area (Å²) in [5, 5.41) is 4.80. The van der Waals surface area contributed by atoms with Gasteiger partial charge in [-0.05, 0) is 97.7 Å². The average molecular weight is 774 g/mol. The molecule has 0 N–H and O–H groups in total. The molecule has 0 radical (unpaired) electrons. The van der Waals surface area contributed by atoms with E-state index in [-0.39, 0.29) is 5.41 Å². The molecule has 1 spiro atoms. The van der Waals surface area contributed by atoms with Crippen LogP contribution in [0.15, 0.2) is 214 Å². The molecule has 1 aliphatic heterocycles. The zero-order valence-electron chi connectivity index (χ0n) is 32.8. The van der Waals surface area contributed by atoms with E-state index in [2.05, 4.69) is 213 Å². The second kappa shape index (κ2) is 12.8. The van der Waals surface area contributed by atoms with E-state index in [0.29, 0.717) is 0 Å². The Morgan fingerprint density at radius 2 is 1.08 bits per heavy atom. The Labute approximate surface area is 348 Å². The van der Waals surface area contributed by atoms with Crippen molar-refractivity contribution >= 4 is 61.5 Å². The van der Waals surface area contributed by atoms with Crippen molar-refractivity contribution in [2.24, 2.45) is 0 Å². The van der Waals surface area contributed by atoms with E-state index in [1.54, 1.807) is 0 Å². The minimum absolute atomic E-state index is 0.365. The van der Waals surface area contributed by atoms with Crippen molar-refractivity contribution in [2.75, 3.05) is 4.90 Å². The number of hydrogen-bond acceptors (Lipinski definition) is 3. The largest absolute Gasteiger partial charge is 0.456 e. The van der Waals surface area contributed by atoms with E-state index in [1.807, 2.05) is 17.8 Å². The molecule has 0 fully saturated rings. The number of benzene rings is 9. The maximum atomic E-state index is 6.57. The molecule has 0 bridgehead atoms. The molecular formula is C56H39NOS. The van der Waals surface area contributed by atoms with Gasteiger partial charge >= 0.3 is 0 Å². The number of para-hydroxylation sites is 1. The van der Waals surface area contributed by atoms with Crippen LogP contribution in [0.4, 0.5) is 17.1 Å². The number of rotatable bonds is 4. The van der Waals surface area contributed by atoms with Crippen LogP contribution in [0.1, 0.15) is 47.2 Å². The second-order valence-electron chi connectivity index (χ2n) is 16.4. The second-order valence-corrected chi connectivity index (χ2v) is 17.5. The Balaban J connectivity index is 1.18. The SMILES string of the molecule is CC1(C)c2ccccc2C2(c3ccccc3Sc3c2ccc2ccccc32)c2cccc(N(c3ccc(-c4ccccc4)cc3)c3ccc4c(c3)oc3ccccc34)c21. The lowest BCUT2D eigenvalue weighted by atomic mass is 9.53. The van der Waals surface area contributed by atoms with Gasteiger partial charge in [-0.3, -0.25) is 0 Å². The summed E-state index contributed by atoms with van der Waals surface area (Å²) >= 11 is 1.91. The van der Waals surface area contributed by atoms with E-state index < -0.39 is 5.41 Å². The van der Waals surface area contributed by atoms with Crippen molar-refractivity contribution in [3.63, 3.8) is 0 Å². The molecule has 1 atom stereocenters. The molecule has 9 aromatic carbocycles. The molecule has 2 nitrogen and oxygen atoms in total. The number of furan rings is 1. The molecule has 3 heteroatoms. The maximum absolute atomic E-state index is 6.57. The zero-order valence-corrected chi connectivity index (χ0v) is 33.6. The normalized spacial score (nSPS) is 16.1. The predicted octanol–water partition coefficient (Wildman–Crippen LogP) is 15.4. The van der Waals surface area contributed by atoms with E-state index >= 15 is 0 Å². The third-order valence-corrected chi connectivity index (χ3v) is 14.2. The Kier molecular flexibility index (Phi) is 7.46. The lowest BCUT2D eigenvalue weighted by Gasteiger charge is -2.51. The summed E-state index contributed by atoms with van der Waals surface area (Å²) in [6.07, 6.45) is 0. The molecule has 10 aromatic rings. The van der Waals surface area contributed by atoms with Crippen molar-refractivity contribution in [3.8, 4) is 11.1 Å². The van der Waals surface area contributed by atoms with Crippen LogP contribution < -0.4 is 4.90 Å². The van der Waals surface area contributed by atoms with Gasteiger partial charge < -0.3 is 9.32 Å². The van der Waals surface area contributed by atoms with Gasteiger partial charge in [-0.15, -0.1) is 0 Å². The fourth-order valence-corrected chi connectivity index (χ4v) is 11.7. The highest BCUT2D eigenvalue weighted by Crippen LogP contribution is 2.64. The standard InChI is InChI=1S/C56H39NOS/c1-55(2)44-20-9-10-21-45(44)56(46-22-11-13-26-52(46)59-54-41-18-7-6-17-38(41)29-34-48(54)56)47-23-14-24-49(53(47)55)57(39-30-27-37(28-31-39)36-15-4-3-5-16-36)40-32-33-43-42-19-8-12-25-50(42)58-51(43)35-40/h3-35H,1-2H3. The monoisotopic (exact) mass is 773 g/mol. The minimum Gasteiger partial charge on any atom is -0.456 e. The first-order valence-electron chi connectivity index (χ1n) is 20.4. The summed E-state index contributed by atoms with van der Waals surface area (Å²) in [6, 6.07) is 73.8. The number of fused-ring (bicyclic) bond motifs is 13. The van der Waals surface area contributed by atoms with E-state index in [0.717, 1.165) is 39.0 Å². The molecule has 1 aromatic heterocycles. The first-order valence-corrected chi connectivity index (χ1v) is 21.2. The molecule has 2 heterocycles. The molecule has 2 aliphatic rings. The van der Waals surface area contributed by atoms with Gasteiger partial charge in [0.2, 0.25) is 0 Å². The van der Waals surface area contributed by atoms with Gasteiger partial charge in [0.05, 0.1) is 11.1 Å². The van der Waals surface area contributed by atoms with Gasteiger partial charge in [-0.25, -0.2) is 0 Å². The quantitative estimate of drug-likeness (QED) is 0.177. The highest BCUT2D eigenvalue weighted by atomic mass is 32.2. The highest BCUT2D eigenvalue weighted by Gasteiger charge is 2.53. The molecule has 0 saturated heterocycles. The van der Waals surface area contributed by atoms with Crippen LogP contribution in [-0.2, 0) is 10.8 Å². The molecule has 59 heavy (non-hydrogen) atoms. The van der Waals surface area contributed by atoms with Gasteiger partial charge in [0.1, 0.15) is 11.2 Å². The van der Waals surface area contributed by atoms with Gasteiger partial charge in [-0.1, -0.05) is 177 Å². The van der Waals surface area contributed by atoms with Crippen molar-refractivity contribution < 1.29 is 4.42 Å². The molecule has 0 amide bonds. The molecule has 12 rings (SSSR count). The van der Waals surface area contributed by atoms with Crippen LogP contribution in [0, 0.1) is 0 Å².